The quantitative estimate of drug-likeness (QED) is 0.728. The summed E-state index contributed by atoms with van der Waals surface area (Å²) < 4.78 is 0.699. The van der Waals surface area contributed by atoms with Crippen molar-refractivity contribution in [2.24, 2.45) is 0 Å². The number of hydrogen-bond acceptors (Lipinski definition) is 3. The molecule has 0 aliphatic carbocycles. The van der Waals surface area contributed by atoms with Crippen molar-refractivity contribution in [1.82, 2.24) is 4.98 Å². The van der Waals surface area contributed by atoms with E-state index in [2.05, 4.69) is 20.9 Å². The lowest BCUT2D eigenvalue weighted by atomic mass is 10.1. The van der Waals surface area contributed by atoms with E-state index in [0.29, 0.717) is 10.2 Å². The van der Waals surface area contributed by atoms with Crippen LogP contribution >= 0.6 is 15.9 Å². The topological polar surface area (TPSA) is 50.2 Å². The Morgan fingerprint density at radius 2 is 1.81 bits per heavy atom. The summed E-state index contributed by atoms with van der Waals surface area (Å²) in [6.45, 7) is 0. The second-order valence-corrected chi connectivity index (χ2v) is 5.63. The molecule has 0 aliphatic heterocycles. The van der Waals surface area contributed by atoms with Gasteiger partial charge in [-0.25, -0.2) is 4.98 Å². The molecule has 1 N–H and O–H groups in total. The zero-order valence-electron chi connectivity index (χ0n) is 11.1. The molecule has 0 unspecified atom stereocenters. The molecule has 0 spiro atoms. The summed E-state index contributed by atoms with van der Waals surface area (Å²) in [6, 6.07) is 16.2. The Hall–Kier alpha value is -2.20. The van der Waals surface area contributed by atoms with E-state index in [-0.39, 0.29) is 18.0 Å². The van der Waals surface area contributed by atoms with Crippen LogP contribution in [0, 0.1) is 0 Å². The van der Waals surface area contributed by atoms with Gasteiger partial charge in [-0.1, -0.05) is 30.3 Å². The summed E-state index contributed by atoms with van der Waals surface area (Å²) in [5.41, 5.74) is 2.08. The minimum absolute atomic E-state index is 0.0571. The number of fused-ring (bicyclic) bond motifs is 1. The zero-order valence-corrected chi connectivity index (χ0v) is 12.7. The number of rotatable bonds is 3. The Bertz CT molecular complexity index is 813. The first-order valence-corrected chi connectivity index (χ1v) is 7.29. The maximum atomic E-state index is 12.4. The van der Waals surface area contributed by atoms with Crippen molar-refractivity contribution in [3.05, 3.63) is 70.3 Å². The minimum atomic E-state index is -0.0571. The highest BCUT2D eigenvalue weighted by Crippen LogP contribution is 2.23. The summed E-state index contributed by atoms with van der Waals surface area (Å²) in [6.07, 6.45) is 0.254. The lowest BCUT2D eigenvalue weighted by Crippen LogP contribution is -2.07. The highest BCUT2D eigenvalue weighted by molar-refractivity contribution is 9.10. The van der Waals surface area contributed by atoms with Crippen molar-refractivity contribution in [3.63, 3.8) is 0 Å². The number of aromatic hydroxyl groups is 1. The lowest BCUT2D eigenvalue weighted by molar-refractivity contribution is 0.0987. The fraction of sp³-hybridized carbons (Fsp3) is 0.0588. The van der Waals surface area contributed by atoms with Gasteiger partial charge >= 0.3 is 0 Å². The van der Waals surface area contributed by atoms with Gasteiger partial charge in [0.05, 0.1) is 5.52 Å². The molecule has 0 amide bonds. The molecule has 0 atom stereocenters. The van der Waals surface area contributed by atoms with Gasteiger partial charge in [-0.15, -0.1) is 0 Å². The van der Waals surface area contributed by atoms with E-state index in [4.69, 9.17) is 0 Å². The molecule has 3 aromatic rings. The Morgan fingerprint density at radius 3 is 2.57 bits per heavy atom. The number of Topliss-reactive ketones (excluding diaryl/α,β-unsaturated/α-hetero) is 1. The zero-order chi connectivity index (χ0) is 14.8. The first kappa shape index (κ1) is 13.8. The third kappa shape index (κ3) is 2.95. The number of para-hydroxylation sites is 1. The van der Waals surface area contributed by atoms with Crippen LogP contribution in [0.15, 0.2) is 59.1 Å². The number of aromatic nitrogens is 1. The molecule has 4 heteroatoms. The molecule has 3 nitrogen and oxygen atoms in total. The number of pyridine rings is 1. The molecule has 0 fully saturated rings. The van der Waals surface area contributed by atoms with Crippen molar-refractivity contribution in [2.75, 3.05) is 0 Å². The van der Waals surface area contributed by atoms with Gasteiger partial charge in [0.25, 0.3) is 0 Å². The first-order valence-electron chi connectivity index (χ1n) is 6.50. The summed E-state index contributed by atoms with van der Waals surface area (Å²) in [5.74, 6) is 0.134. The van der Waals surface area contributed by atoms with Crippen LogP contribution in [0.5, 0.6) is 5.75 Å². The summed E-state index contributed by atoms with van der Waals surface area (Å²) in [5, 5.41) is 10.3. The van der Waals surface area contributed by atoms with Crippen molar-refractivity contribution >= 4 is 32.6 Å². The SMILES string of the molecule is O=C(Cc1ccc(O)cc1)c1nc2ccccc2cc1Br. The lowest BCUT2D eigenvalue weighted by Gasteiger charge is -2.06. The molecule has 0 saturated carbocycles. The molecular formula is C17H12BrNO2. The Balaban J connectivity index is 1.93. The van der Waals surface area contributed by atoms with Crippen LogP contribution < -0.4 is 0 Å². The summed E-state index contributed by atoms with van der Waals surface area (Å²) in [7, 11) is 0. The van der Waals surface area contributed by atoms with Crippen LogP contribution in [-0.2, 0) is 6.42 Å². The number of ketones is 1. The molecule has 1 aromatic heterocycles. The molecule has 0 saturated heterocycles. The predicted molar refractivity (Wildman–Crippen MR) is 85.6 cm³/mol. The van der Waals surface area contributed by atoms with Crippen LogP contribution in [-0.4, -0.2) is 15.9 Å². The summed E-state index contributed by atoms with van der Waals surface area (Å²) >= 11 is 3.42. The van der Waals surface area contributed by atoms with E-state index in [9.17, 15) is 9.90 Å². The monoisotopic (exact) mass is 341 g/mol. The van der Waals surface area contributed by atoms with Crippen LogP contribution in [0.2, 0.25) is 0 Å². The fourth-order valence-corrected chi connectivity index (χ4v) is 2.73. The van der Waals surface area contributed by atoms with Gasteiger partial charge in [-0.05, 0) is 45.8 Å². The van der Waals surface area contributed by atoms with Crippen LogP contribution in [0.1, 0.15) is 16.1 Å². The number of benzene rings is 2. The van der Waals surface area contributed by atoms with Crippen molar-refractivity contribution in [3.8, 4) is 5.75 Å². The molecule has 2 aromatic carbocycles. The first-order chi connectivity index (χ1) is 10.1. The average molecular weight is 342 g/mol. The second-order valence-electron chi connectivity index (χ2n) is 4.78. The van der Waals surface area contributed by atoms with E-state index >= 15 is 0 Å². The largest absolute Gasteiger partial charge is 0.508 e. The highest BCUT2D eigenvalue weighted by Gasteiger charge is 2.14. The van der Waals surface area contributed by atoms with Gasteiger partial charge in [-0.2, -0.15) is 0 Å². The molecule has 104 valence electrons. The van der Waals surface area contributed by atoms with Crippen molar-refractivity contribution in [2.45, 2.75) is 6.42 Å². The van der Waals surface area contributed by atoms with Gasteiger partial charge in [0.2, 0.25) is 0 Å². The second kappa shape index (κ2) is 5.66. The Labute approximate surface area is 130 Å². The van der Waals surface area contributed by atoms with Gasteiger partial charge in [-0.3, -0.25) is 4.79 Å². The third-order valence-electron chi connectivity index (χ3n) is 3.24. The smallest absolute Gasteiger partial charge is 0.186 e. The van der Waals surface area contributed by atoms with Crippen LogP contribution in [0.25, 0.3) is 10.9 Å². The molecule has 1 heterocycles. The number of carbonyl (C=O) groups excluding carboxylic acids is 1. The molecule has 0 aliphatic rings. The van der Waals surface area contributed by atoms with Gasteiger partial charge < -0.3 is 5.11 Å². The van der Waals surface area contributed by atoms with E-state index in [1.54, 1.807) is 24.3 Å². The molecule has 21 heavy (non-hydrogen) atoms. The van der Waals surface area contributed by atoms with Gasteiger partial charge in [0.15, 0.2) is 5.78 Å². The minimum Gasteiger partial charge on any atom is -0.508 e. The molecule has 0 bridgehead atoms. The third-order valence-corrected chi connectivity index (χ3v) is 3.85. The molecular weight excluding hydrogens is 330 g/mol. The van der Waals surface area contributed by atoms with Crippen molar-refractivity contribution < 1.29 is 9.90 Å². The van der Waals surface area contributed by atoms with E-state index in [0.717, 1.165) is 16.5 Å². The molecule has 0 radical (unpaired) electrons. The van der Waals surface area contributed by atoms with E-state index in [1.165, 1.54) is 0 Å². The maximum absolute atomic E-state index is 12.4. The van der Waals surface area contributed by atoms with Crippen molar-refractivity contribution in [1.29, 1.82) is 0 Å². The normalized spacial score (nSPS) is 10.7. The van der Waals surface area contributed by atoms with E-state index in [1.807, 2.05) is 30.3 Å². The fourth-order valence-electron chi connectivity index (χ4n) is 2.17. The number of halogens is 1. The number of nitrogens with zero attached hydrogens (tertiary/aromatic N) is 1. The maximum Gasteiger partial charge on any atom is 0.186 e. The van der Waals surface area contributed by atoms with Gasteiger partial charge in [0.1, 0.15) is 11.4 Å². The standard InChI is InChI=1S/C17H12BrNO2/c18-14-10-12-3-1-2-4-15(12)19-17(14)16(21)9-11-5-7-13(20)8-6-11/h1-8,10,20H,9H2. The predicted octanol–water partition coefficient (Wildman–Crippen LogP) is 4.13. The number of hydrogen-bond donors (Lipinski definition) is 1. The Morgan fingerprint density at radius 1 is 1.10 bits per heavy atom. The highest BCUT2D eigenvalue weighted by atomic mass is 79.9. The number of carbonyl (C=O) groups is 1. The Kier molecular flexibility index (Phi) is 3.71. The van der Waals surface area contributed by atoms with Crippen LogP contribution in [0.4, 0.5) is 0 Å². The van der Waals surface area contributed by atoms with Crippen LogP contribution in [0.3, 0.4) is 0 Å². The number of phenols is 1. The van der Waals surface area contributed by atoms with Gasteiger partial charge in [0, 0.05) is 16.3 Å². The average Bonchev–Trinajstić information content (AvgIpc) is 2.49. The van der Waals surface area contributed by atoms with E-state index < -0.39 is 0 Å². The molecule has 3 rings (SSSR count). The summed E-state index contributed by atoms with van der Waals surface area (Å²) in [4.78, 5) is 16.9. The number of phenolic OH excluding ortho intramolecular Hbond substituents is 1.